The average Bonchev–Trinajstić information content (AvgIpc) is 3.07. The van der Waals surface area contributed by atoms with Crippen LogP contribution in [0.25, 0.3) is 16.9 Å². The Kier molecular flexibility index (Phi) is 5.28. The quantitative estimate of drug-likeness (QED) is 0.634. The first kappa shape index (κ1) is 18.7. The molecule has 0 spiro atoms. The van der Waals surface area contributed by atoms with Crippen LogP contribution in [0.1, 0.15) is 26.4 Å². The van der Waals surface area contributed by atoms with E-state index in [9.17, 15) is 9.59 Å². The van der Waals surface area contributed by atoms with Crippen LogP contribution >= 0.6 is 11.6 Å². The van der Waals surface area contributed by atoms with E-state index >= 15 is 0 Å². The molecule has 0 aliphatic carbocycles. The maximum Gasteiger partial charge on any atom is 0.357 e. The molecule has 138 valence electrons. The van der Waals surface area contributed by atoms with Gasteiger partial charge in [0.25, 0.3) is 0 Å². The molecule has 0 radical (unpaired) electrons. The fourth-order valence-electron chi connectivity index (χ4n) is 2.84. The lowest BCUT2D eigenvalue weighted by molar-refractivity contribution is 0.0549. The van der Waals surface area contributed by atoms with Crippen LogP contribution in [0, 0.1) is 6.92 Å². The van der Waals surface area contributed by atoms with Crippen LogP contribution in [0.3, 0.4) is 0 Å². The third kappa shape index (κ3) is 3.44. The van der Waals surface area contributed by atoms with Gasteiger partial charge in [0.05, 0.1) is 19.9 Å². The second-order valence-electron chi connectivity index (χ2n) is 5.76. The van der Waals surface area contributed by atoms with Gasteiger partial charge < -0.3 is 9.47 Å². The number of esters is 2. The van der Waals surface area contributed by atoms with Gasteiger partial charge in [-0.3, -0.25) is 0 Å². The molecule has 0 unspecified atom stereocenters. The fourth-order valence-corrected chi connectivity index (χ4v) is 3.06. The Labute approximate surface area is 161 Å². The average molecular weight is 385 g/mol. The minimum absolute atomic E-state index is 0.0000926. The molecule has 0 atom stereocenters. The van der Waals surface area contributed by atoms with Gasteiger partial charge in [-0.05, 0) is 36.8 Å². The van der Waals surface area contributed by atoms with E-state index in [4.69, 9.17) is 21.1 Å². The summed E-state index contributed by atoms with van der Waals surface area (Å²) in [5.41, 5.74) is 2.45. The minimum Gasteiger partial charge on any atom is -0.465 e. The Morgan fingerprint density at radius 2 is 1.67 bits per heavy atom. The number of hydrogen-bond donors (Lipinski definition) is 0. The molecule has 1 heterocycles. The Balaban J connectivity index is 2.38. The normalized spacial score (nSPS) is 10.5. The summed E-state index contributed by atoms with van der Waals surface area (Å²) in [5, 5.41) is 5.11. The second-order valence-corrected chi connectivity index (χ2v) is 6.20. The van der Waals surface area contributed by atoms with Gasteiger partial charge in [0, 0.05) is 10.6 Å². The third-order valence-electron chi connectivity index (χ3n) is 4.10. The molecular weight excluding hydrogens is 368 g/mol. The molecule has 3 rings (SSSR count). The van der Waals surface area contributed by atoms with Crippen molar-refractivity contribution in [3.63, 3.8) is 0 Å². The standard InChI is InChI=1S/C20H17ClN2O4/c1-12-11-13(21)9-10-15(12)17-16(19(24)26-2)18(20(25)27-3)23(22-17)14-7-5-4-6-8-14/h4-11H,1-3H3. The van der Waals surface area contributed by atoms with Crippen molar-refractivity contribution in [1.82, 2.24) is 9.78 Å². The van der Waals surface area contributed by atoms with Gasteiger partial charge >= 0.3 is 11.9 Å². The zero-order valence-corrected chi connectivity index (χ0v) is 15.8. The number of methoxy groups -OCH3 is 2. The summed E-state index contributed by atoms with van der Waals surface area (Å²) >= 11 is 6.05. The van der Waals surface area contributed by atoms with Crippen LogP contribution in [-0.4, -0.2) is 35.9 Å². The van der Waals surface area contributed by atoms with Crippen molar-refractivity contribution in [2.24, 2.45) is 0 Å². The van der Waals surface area contributed by atoms with Crippen LogP contribution in [0.4, 0.5) is 0 Å². The van der Waals surface area contributed by atoms with E-state index in [1.165, 1.54) is 18.9 Å². The molecule has 0 saturated carbocycles. The number of para-hydroxylation sites is 1. The smallest absolute Gasteiger partial charge is 0.357 e. The van der Waals surface area contributed by atoms with E-state index in [1.807, 2.05) is 25.1 Å². The number of nitrogens with zero attached hydrogens (tertiary/aromatic N) is 2. The molecule has 0 fully saturated rings. The first-order chi connectivity index (χ1) is 13.0. The largest absolute Gasteiger partial charge is 0.465 e. The zero-order valence-electron chi connectivity index (χ0n) is 15.0. The van der Waals surface area contributed by atoms with E-state index in [1.54, 1.807) is 30.3 Å². The van der Waals surface area contributed by atoms with Crippen molar-refractivity contribution in [3.05, 3.63) is 70.4 Å². The summed E-state index contributed by atoms with van der Waals surface area (Å²) < 4.78 is 11.2. The van der Waals surface area contributed by atoms with Gasteiger partial charge in [0.1, 0.15) is 11.3 Å². The van der Waals surface area contributed by atoms with Crippen LogP contribution in [-0.2, 0) is 9.47 Å². The summed E-state index contributed by atoms with van der Waals surface area (Å²) in [5.74, 6) is -1.37. The monoisotopic (exact) mass is 384 g/mol. The van der Waals surface area contributed by atoms with E-state index < -0.39 is 11.9 Å². The van der Waals surface area contributed by atoms with Crippen molar-refractivity contribution in [2.45, 2.75) is 6.92 Å². The molecule has 27 heavy (non-hydrogen) atoms. The molecule has 2 aromatic carbocycles. The van der Waals surface area contributed by atoms with E-state index in [2.05, 4.69) is 5.10 Å². The highest BCUT2D eigenvalue weighted by Gasteiger charge is 2.31. The maximum absolute atomic E-state index is 12.6. The van der Waals surface area contributed by atoms with Gasteiger partial charge in [-0.2, -0.15) is 5.10 Å². The summed E-state index contributed by atoms with van der Waals surface area (Å²) in [6, 6.07) is 14.2. The fraction of sp³-hybridized carbons (Fsp3) is 0.150. The molecule has 0 aliphatic heterocycles. The van der Waals surface area contributed by atoms with Crippen molar-refractivity contribution in [2.75, 3.05) is 14.2 Å². The van der Waals surface area contributed by atoms with Gasteiger partial charge in [0.2, 0.25) is 0 Å². The molecule has 7 heteroatoms. The van der Waals surface area contributed by atoms with Gasteiger partial charge in [-0.25, -0.2) is 14.3 Å². The molecule has 0 aliphatic rings. The van der Waals surface area contributed by atoms with Crippen molar-refractivity contribution in [1.29, 1.82) is 0 Å². The predicted molar refractivity (Wildman–Crippen MR) is 101 cm³/mol. The van der Waals surface area contributed by atoms with Gasteiger partial charge in [-0.15, -0.1) is 0 Å². The number of ether oxygens (including phenoxy) is 2. The number of benzene rings is 2. The van der Waals surface area contributed by atoms with Crippen LogP contribution < -0.4 is 0 Å². The Morgan fingerprint density at radius 3 is 2.26 bits per heavy atom. The first-order valence-corrected chi connectivity index (χ1v) is 8.47. The molecule has 3 aromatic rings. The number of carbonyl (C=O) groups excluding carboxylic acids is 2. The lowest BCUT2D eigenvalue weighted by Crippen LogP contribution is -2.15. The Bertz CT molecular complexity index is 1010. The van der Waals surface area contributed by atoms with Crippen molar-refractivity contribution >= 4 is 23.5 Å². The number of carbonyl (C=O) groups is 2. The predicted octanol–water partition coefficient (Wildman–Crippen LogP) is 4.07. The summed E-state index contributed by atoms with van der Waals surface area (Å²) in [7, 11) is 2.50. The van der Waals surface area contributed by atoms with Crippen LogP contribution in [0.2, 0.25) is 5.02 Å². The first-order valence-electron chi connectivity index (χ1n) is 8.09. The third-order valence-corrected chi connectivity index (χ3v) is 4.33. The molecule has 0 saturated heterocycles. The lowest BCUT2D eigenvalue weighted by atomic mass is 10.0. The molecule has 0 bridgehead atoms. The highest BCUT2D eigenvalue weighted by molar-refractivity contribution is 6.30. The summed E-state index contributed by atoms with van der Waals surface area (Å²) in [6.45, 7) is 1.85. The molecule has 6 nitrogen and oxygen atoms in total. The molecule has 1 aromatic heterocycles. The van der Waals surface area contributed by atoms with Crippen molar-refractivity contribution < 1.29 is 19.1 Å². The zero-order chi connectivity index (χ0) is 19.6. The Morgan fingerprint density at radius 1 is 1.00 bits per heavy atom. The van der Waals surface area contributed by atoms with E-state index in [0.717, 1.165) is 5.56 Å². The summed E-state index contributed by atoms with van der Waals surface area (Å²) in [6.07, 6.45) is 0. The van der Waals surface area contributed by atoms with Crippen LogP contribution in [0.15, 0.2) is 48.5 Å². The number of aryl methyl sites for hydroxylation is 1. The SMILES string of the molecule is COC(=O)c1c(-c2ccc(Cl)cc2C)nn(-c2ccccc2)c1C(=O)OC. The van der Waals surface area contributed by atoms with Crippen LogP contribution in [0.5, 0.6) is 0 Å². The second kappa shape index (κ2) is 7.63. The van der Waals surface area contributed by atoms with Gasteiger partial charge in [-0.1, -0.05) is 35.9 Å². The maximum atomic E-state index is 12.6. The number of rotatable bonds is 4. The summed E-state index contributed by atoms with van der Waals surface area (Å²) in [4.78, 5) is 25.1. The van der Waals surface area contributed by atoms with E-state index in [-0.39, 0.29) is 11.3 Å². The number of halogens is 1. The topological polar surface area (TPSA) is 70.4 Å². The highest BCUT2D eigenvalue weighted by Crippen LogP contribution is 2.32. The number of aromatic nitrogens is 2. The molecule has 0 N–H and O–H groups in total. The van der Waals surface area contributed by atoms with E-state index in [0.29, 0.717) is 22.0 Å². The van der Waals surface area contributed by atoms with Crippen molar-refractivity contribution in [3.8, 4) is 16.9 Å². The lowest BCUT2D eigenvalue weighted by Gasteiger charge is -2.07. The van der Waals surface area contributed by atoms with Gasteiger partial charge in [0.15, 0.2) is 5.69 Å². The number of hydrogen-bond acceptors (Lipinski definition) is 5. The molecule has 0 amide bonds. The molecular formula is C20H17ClN2O4. The Hall–Kier alpha value is -3.12. The highest BCUT2D eigenvalue weighted by atomic mass is 35.5. The minimum atomic E-state index is -0.690.